The fourth-order valence-corrected chi connectivity index (χ4v) is 7.58. The highest BCUT2D eigenvalue weighted by atomic mass is 32.2. The van der Waals surface area contributed by atoms with Crippen molar-refractivity contribution in [2.45, 2.75) is 61.9 Å². The normalized spacial score (nSPS) is 22.3. The van der Waals surface area contributed by atoms with Crippen LogP contribution < -0.4 is 5.32 Å². The van der Waals surface area contributed by atoms with E-state index in [1.165, 1.54) is 5.56 Å². The van der Waals surface area contributed by atoms with Crippen LogP contribution in [0.1, 0.15) is 56.6 Å². The summed E-state index contributed by atoms with van der Waals surface area (Å²) in [5.41, 5.74) is 1.36. The third-order valence-corrected chi connectivity index (χ3v) is 10.1. The maximum absolute atomic E-state index is 12.8. The highest BCUT2D eigenvalue weighted by Crippen LogP contribution is 2.37. The van der Waals surface area contributed by atoms with Gasteiger partial charge in [-0.1, -0.05) is 48.5 Å². The molecule has 0 bridgehead atoms. The molecule has 1 unspecified atom stereocenters. The minimum absolute atomic E-state index is 0.0376. The molecule has 7 nitrogen and oxygen atoms in total. The van der Waals surface area contributed by atoms with Crippen LogP contribution in [-0.4, -0.2) is 70.0 Å². The number of hydrogen-bond acceptors (Lipinski definition) is 5. The number of nitrogens with zero attached hydrogens (tertiary/aromatic N) is 2. The van der Waals surface area contributed by atoms with E-state index in [-0.39, 0.29) is 18.6 Å². The average Bonchev–Trinajstić information content (AvgIpc) is 2.93. The molecule has 208 valence electrons. The van der Waals surface area contributed by atoms with Crippen LogP contribution >= 0.6 is 0 Å². The number of carbonyl (C=O) groups excluding carboxylic acids is 1. The summed E-state index contributed by atoms with van der Waals surface area (Å²) in [6, 6.07) is 20.0. The quantitative estimate of drug-likeness (QED) is 0.425. The van der Waals surface area contributed by atoms with Gasteiger partial charge in [-0.2, -0.15) is 4.31 Å². The van der Waals surface area contributed by atoms with E-state index in [0.29, 0.717) is 42.5 Å². The Labute approximate surface area is 228 Å². The van der Waals surface area contributed by atoms with Crippen molar-refractivity contribution in [3.05, 3.63) is 66.2 Å². The molecule has 1 N–H and O–H groups in total. The molecule has 0 spiro atoms. The lowest BCUT2D eigenvalue weighted by atomic mass is 9.78. The Morgan fingerprint density at radius 3 is 2.16 bits per heavy atom. The predicted octanol–water partition coefficient (Wildman–Crippen LogP) is 4.47. The maximum Gasteiger partial charge on any atom is 0.246 e. The summed E-state index contributed by atoms with van der Waals surface area (Å²) in [6.07, 6.45) is 6.69. The molecule has 1 amide bonds. The topological polar surface area (TPSA) is 79.0 Å². The second-order valence-corrected chi connectivity index (χ2v) is 12.9. The number of benzene rings is 2. The molecule has 0 radical (unpaired) electrons. The third-order valence-electron chi connectivity index (χ3n) is 8.14. The van der Waals surface area contributed by atoms with Crippen LogP contribution in [0.25, 0.3) is 0 Å². The largest absolute Gasteiger partial charge is 0.372 e. The standard InChI is InChI=1S/C30H43N3O4S/c1-32(2)30(25-9-5-3-6-10-25)26-13-15-27(16-14-26)31-29(34)23-37-22-19-24-17-20-33(21-18-24)38(35,36)28-11-7-4-8-12-28/h3-12,24,26-27,30H,13-23H2,1-2H3,(H,31,34). The number of sulfonamides is 1. The van der Waals surface area contributed by atoms with Crippen LogP contribution in [0.2, 0.25) is 0 Å². The molecule has 1 aliphatic heterocycles. The lowest BCUT2D eigenvalue weighted by Gasteiger charge is -2.37. The Bertz CT molecular complexity index is 1090. The number of amides is 1. The van der Waals surface area contributed by atoms with Gasteiger partial charge in [-0.05, 0) is 88.6 Å². The molecule has 1 aliphatic carbocycles. The van der Waals surface area contributed by atoms with Crippen LogP contribution in [0.3, 0.4) is 0 Å². The Kier molecular flexibility index (Phi) is 10.4. The minimum atomic E-state index is -3.42. The average molecular weight is 542 g/mol. The third kappa shape index (κ3) is 7.65. The van der Waals surface area contributed by atoms with Gasteiger partial charge in [0.15, 0.2) is 0 Å². The SMILES string of the molecule is CN(C)C(c1ccccc1)C1CCC(NC(=O)COCCC2CCN(S(=O)(=O)c3ccccc3)CC2)CC1. The summed E-state index contributed by atoms with van der Waals surface area (Å²) >= 11 is 0. The molecular formula is C30H43N3O4S. The first kappa shape index (κ1) is 28.7. The van der Waals surface area contributed by atoms with Crippen molar-refractivity contribution in [2.24, 2.45) is 11.8 Å². The lowest BCUT2D eigenvalue weighted by Crippen LogP contribution is -2.41. The van der Waals surface area contributed by atoms with Gasteiger partial charge in [0, 0.05) is 31.8 Å². The molecular weight excluding hydrogens is 498 g/mol. The first-order valence-electron chi connectivity index (χ1n) is 14.0. The second kappa shape index (κ2) is 13.7. The van der Waals surface area contributed by atoms with E-state index in [9.17, 15) is 13.2 Å². The molecule has 2 fully saturated rings. The van der Waals surface area contributed by atoms with Gasteiger partial charge < -0.3 is 15.0 Å². The van der Waals surface area contributed by atoms with Crippen LogP contribution in [0.15, 0.2) is 65.6 Å². The Morgan fingerprint density at radius 2 is 1.55 bits per heavy atom. The van der Waals surface area contributed by atoms with Crippen molar-refractivity contribution >= 4 is 15.9 Å². The van der Waals surface area contributed by atoms with Crippen molar-refractivity contribution in [3.8, 4) is 0 Å². The van der Waals surface area contributed by atoms with Crippen LogP contribution in [0.4, 0.5) is 0 Å². The molecule has 38 heavy (non-hydrogen) atoms. The van der Waals surface area contributed by atoms with Crippen molar-refractivity contribution in [3.63, 3.8) is 0 Å². The van der Waals surface area contributed by atoms with Gasteiger partial charge in [0.05, 0.1) is 4.90 Å². The minimum Gasteiger partial charge on any atom is -0.372 e. The van der Waals surface area contributed by atoms with Crippen LogP contribution in [-0.2, 0) is 19.6 Å². The van der Waals surface area contributed by atoms with Gasteiger partial charge in [-0.3, -0.25) is 4.79 Å². The molecule has 2 aromatic carbocycles. The number of rotatable bonds is 11. The maximum atomic E-state index is 12.8. The van der Waals surface area contributed by atoms with Crippen molar-refractivity contribution in [1.29, 1.82) is 0 Å². The number of ether oxygens (including phenoxy) is 1. The van der Waals surface area contributed by atoms with Crippen molar-refractivity contribution in [2.75, 3.05) is 40.4 Å². The Hall–Kier alpha value is -2.26. The van der Waals surface area contributed by atoms with E-state index >= 15 is 0 Å². The first-order valence-corrected chi connectivity index (χ1v) is 15.4. The van der Waals surface area contributed by atoms with E-state index in [4.69, 9.17) is 4.74 Å². The Balaban J connectivity index is 1.11. The summed E-state index contributed by atoms with van der Waals surface area (Å²) in [7, 11) is 0.887. The zero-order valence-corrected chi connectivity index (χ0v) is 23.6. The molecule has 1 heterocycles. The highest BCUT2D eigenvalue weighted by molar-refractivity contribution is 7.89. The zero-order valence-electron chi connectivity index (χ0n) is 22.8. The predicted molar refractivity (Wildman–Crippen MR) is 150 cm³/mol. The zero-order chi connectivity index (χ0) is 27.0. The fourth-order valence-electron chi connectivity index (χ4n) is 6.09. The highest BCUT2D eigenvalue weighted by Gasteiger charge is 2.31. The molecule has 2 aliphatic rings. The molecule has 4 rings (SSSR count). The van der Waals surface area contributed by atoms with Crippen LogP contribution in [0.5, 0.6) is 0 Å². The molecule has 1 saturated carbocycles. The lowest BCUT2D eigenvalue weighted by molar-refractivity contribution is -0.126. The van der Waals surface area contributed by atoms with Gasteiger partial charge in [-0.15, -0.1) is 0 Å². The molecule has 1 saturated heterocycles. The first-order chi connectivity index (χ1) is 18.3. The van der Waals surface area contributed by atoms with E-state index in [1.807, 2.05) is 6.07 Å². The summed E-state index contributed by atoms with van der Waals surface area (Å²) in [6.45, 7) is 1.68. The van der Waals surface area contributed by atoms with Crippen molar-refractivity contribution < 1.29 is 17.9 Å². The monoisotopic (exact) mass is 541 g/mol. The second-order valence-electron chi connectivity index (χ2n) is 11.0. The molecule has 2 aromatic rings. The molecule has 8 heteroatoms. The van der Waals surface area contributed by atoms with Gasteiger partial charge in [0.25, 0.3) is 0 Å². The summed E-state index contributed by atoms with van der Waals surface area (Å²) in [5, 5.41) is 3.17. The van der Waals surface area contributed by atoms with Gasteiger partial charge in [-0.25, -0.2) is 8.42 Å². The van der Waals surface area contributed by atoms with Gasteiger partial charge >= 0.3 is 0 Å². The van der Waals surface area contributed by atoms with Gasteiger partial charge in [0.2, 0.25) is 15.9 Å². The van der Waals surface area contributed by atoms with Crippen molar-refractivity contribution in [1.82, 2.24) is 14.5 Å². The fraction of sp³-hybridized carbons (Fsp3) is 0.567. The van der Waals surface area contributed by atoms with E-state index in [1.54, 1.807) is 28.6 Å². The summed E-state index contributed by atoms with van der Waals surface area (Å²) < 4.78 is 32.9. The number of hydrogen-bond donors (Lipinski definition) is 1. The molecule has 0 aromatic heterocycles. The summed E-state index contributed by atoms with van der Waals surface area (Å²) in [5.74, 6) is 0.972. The number of carbonyl (C=O) groups is 1. The van der Waals surface area contributed by atoms with Crippen LogP contribution in [0, 0.1) is 11.8 Å². The Morgan fingerprint density at radius 1 is 0.947 bits per heavy atom. The van der Waals surface area contributed by atoms with E-state index < -0.39 is 10.0 Å². The van der Waals surface area contributed by atoms with Gasteiger partial charge in [0.1, 0.15) is 6.61 Å². The number of piperidine rings is 1. The summed E-state index contributed by atoms with van der Waals surface area (Å²) in [4.78, 5) is 15.2. The molecule has 1 atom stereocenters. The van der Waals surface area contributed by atoms with E-state index in [0.717, 1.165) is 44.9 Å². The van der Waals surface area contributed by atoms with E-state index in [2.05, 4.69) is 54.6 Å². The number of nitrogens with one attached hydrogen (secondary N) is 1. The smallest absolute Gasteiger partial charge is 0.246 e.